The van der Waals surface area contributed by atoms with E-state index in [2.05, 4.69) is 20.8 Å². The van der Waals surface area contributed by atoms with E-state index in [0.717, 1.165) is 48.6 Å². The molecule has 3 aromatic rings. The first-order valence-corrected chi connectivity index (χ1v) is 15.4. The Morgan fingerprint density at radius 1 is 1.00 bits per heavy atom. The minimum absolute atomic E-state index is 0.0167. The Hall–Kier alpha value is -2.41. The minimum Gasteiger partial charge on any atom is -0.744 e. The van der Waals surface area contributed by atoms with Gasteiger partial charge in [0.05, 0.1) is 23.9 Å². The molecular formula is C26H34ClNO8S2. The third-order valence-corrected chi connectivity index (χ3v) is 8.00. The second-order valence-electron chi connectivity index (χ2n) is 9.01. The van der Waals surface area contributed by atoms with Gasteiger partial charge in [0.2, 0.25) is 0 Å². The summed E-state index contributed by atoms with van der Waals surface area (Å²) in [7, 11) is -9.21. The molecule has 3 N–H and O–H groups in total. The largest absolute Gasteiger partial charge is 0.744 e. The van der Waals surface area contributed by atoms with Crippen LogP contribution in [-0.4, -0.2) is 63.2 Å². The number of aryl methyl sites for hydroxylation is 1. The second-order valence-corrected chi connectivity index (χ2v) is 12.1. The SMILES string of the molecule is CC[NH+](CCCl)CCOc1cc(C)c(O)cc1C(C)C.O=S(=O)([O-])c1cccc2c(S(=O)(=O)O)cccc12. The van der Waals surface area contributed by atoms with Gasteiger partial charge in [-0.2, -0.15) is 8.42 Å². The van der Waals surface area contributed by atoms with E-state index in [1.165, 1.54) is 29.2 Å². The van der Waals surface area contributed by atoms with Gasteiger partial charge in [-0.05, 0) is 49.6 Å². The van der Waals surface area contributed by atoms with E-state index in [1.54, 1.807) is 0 Å². The Labute approximate surface area is 229 Å². The van der Waals surface area contributed by atoms with Crippen LogP contribution in [-0.2, 0) is 20.2 Å². The average molecular weight is 588 g/mol. The van der Waals surface area contributed by atoms with E-state index >= 15 is 0 Å². The van der Waals surface area contributed by atoms with Crippen molar-refractivity contribution < 1.29 is 40.7 Å². The van der Waals surface area contributed by atoms with Crippen molar-refractivity contribution >= 4 is 42.6 Å². The highest BCUT2D eigenvalue weighted by Crippen LogP contribution is 2.32. The Balaban J connectivity index is 0.000000268. The molecule has 3 aromatic carbocycles. The van der Waals surface area contributed by atoms with Gasteiger partial charge in [-0.3, -0.25) is 4.55 Å². The highest BCUT2D eigenvalue weighted by atomic mass is 35.5. The van der Waals surface area contributed by atoms with Crippen molar-refractivity contribution in [2.75, 3.05) is 32.1 Å². The lowest BCUT2D eigenvalue weighted by Crippen LogP contribution is -3.12. The zero-order valence-corrected chi connectivity index (χ0v) is 24.2. The molecular weight excluding hydrogens is 554 g/mol. The second kappa shape index (κ2) is 13.6. The van der Waals surface area contributed by atoms with Crippen LogP contribution in [0.15, 0.2) is 58.3 Å². The van der Waals surface area contributed by atoms with Crippen molar-refractivity contribution in [3.05, 3.63) is 59.7 Å². The van der Waals surface area contributed by atoms with Crippen molar-refractivity contribution in [3.8, 4) is 11.5 Å². The van der Waals surface area contributed by atoms with Gasteiger partial charge in [0.1, 0.15) is 39.7 Å². The number of phenols is 1. The molecule has 0 saturated carbocycles. The number of aromatic hydroxyl groups is 1. The lowest BCUT2D eigenvalue weighted by molar-refractivity contribution is -0.895. The molecule has 0 saturated heterocycles. The summed E-state index contributed by atoms with van der Waals surface area (Å²) in [6.45, 7) is 11.9. The Morgan fingerprint density at radius 3 is 2.08 bits per heavy atom. The quantitative estimate of drug-likeness (QED) is 0.242. The number of alkyl halides is 1. The van der Waals surface area contributed by atoms with Gasteiger partial charge in [0, 0.05) is 16.3 Å². The monoisotopic (exact) mass is 587 g/mol. The van der Waals surface area contributed by atoms with Crippen LogP contribution in [0, 0.1) is 6.92 Å². The first-order valence-electron chi connectivity index (χ1n) is 12.0. The van der Waals surface area contributed by atoms with Gasteiger partial charge < -0.3 is 19.3 Å². The summed E-state index contributed by atoms with van der Waals surface area (Å²) < 4.78 is 70.4. The fourth-order valence-electron chi connectivity index (χ4n) is 3.88. The molecule has 210 valence electrons. The molecule has 0 radical (unpaired) electrons. The standard InChI is InChI=1S/C16H26ClNO2.C10H8O6S2/c1-5-18(7-6-17)8-9-20-16-10-13(4)15(19)11-14(16)12(2)3;11-17(12,13)9-5-1-3-7-8(9)4-2-6-10(7)18(14,15)16/h10-12,19H,5-9H2,1-4H3;1-6H,(H,11,12,13)(H,14,15,16). The average Bonchev–Trinajstić information content (AvgIpc) is 2.83. The first kappa shape index (κ1) is 31.8. The molecule has 1 unspecified atom stereocenters. The van der Waals surface area contributed by atoms with E-state index in [9.17, 15) is 26.5 Å². The molecule has 0 amide bonds. The van der Waals surface area contributed by atoms with Crippen LogP contribution < -0.4 is 9.64 Å². The summed E-state index contributed by atoms with van der Waals surface area (Å²) in [6.07, 6.45) is 0. The Bertz CT molecular complexity index is 1390. The number of quaternary nitrogens is 1. The lowest BCUT2D eigenvalue weighted by atomic mass is 10.00. The summed E-state index contributed by atoms with van der Waals surface area (Å²) >= 11 is 5.79. The van der Waals surface area contributed by atoms with Gasteiger partial charge in [-0.15, -0.1) is 11.6 Å². The minimum atomic E-state index is -4.72. The van der Waals surface area contributed by atoms with E-state index < -0.39 is 30.0 Å². The number of benzene rings is 3. The highest BCUT2D eigenvalue weighted by molar-refractivity contribution is 7.86. The molecule has 0 bridgehead atoms. The summed E-state index contributed by atoms with van der Waals surface area (Å²) in [5.74, 6) is 2.23. The lowest BCUT2D eigenvalue weighted by Gasteiger charge is -2.19. The molecule has 9 nitrogen and oxygen atoms in total. The highest BCUT2D eigenvalue weighted by Gasteiger charge is 2.16. The smallest absolute Gasteiger partial charge is 0.295 e. The van der Waals surface area contributed by atoms with Gasteiger partial charge >= 0.3 is 0 Å². The molecule has 12 heteroatoms. The number of likely N-dealkylation sites (N-methyl/N-ethyl adjacent to an activating group) is 1. The van der Waals surface area contributed by atoms with Crippen LogP contribution in [0.1, 0.15) is 37.8 Å². The molecule has 3 rings (SSSR count). The third-order valence-electron chi connectivity index (χ3n) is 6.00. The molecule has 0 heterocycles. The van der Waals surface area contributed by atoms with Crippen LogP contribution in [0.4, 0.5) is 0 Å². The molecule has 0 fully saturated rings. The molecule has 0 aliphatic heterocycles. The van der Waals surface area contributed by atoms with Crippen LogP contribution in [0.2, 0.25) is 0 Å². The number of halogens is 1. The van der Waals surface area contributed by atoms with Gasteiger partial charge in [0.25, 0.3) is 10.1 Å². The number of phenolic OH excluding ortho intramolecular Hbond substituents is 1. The van der Waals surface area contributed by atoms with Crippen molar-refractivity contribution in [1.29, 1.82) is 0 Å². The van der Waals surface area contributed by atoms with Crippen molar-refractivity contribution in [2.24, 2.45) is 0 Å². The van der Waals surface area contributed by atoms with Crippen LogP contribution in [0.3, 0.4) is 0 Å². The molecule has 0 aromatic heterocycles. The van der Waals surface area contributed by atoms with Crippen LogP contribution in [0.25, 0.3) is 10.8 Å². The van der Waals surface area contributed by atoms with Gasteiger partial charge in [-0.25, -0.2) is 8.42 Å². The number of fused-ring (bicyclic) bond motifs is 1. The van der Waals surface area contributed by atoms with Crippen molar-refractivity contribution in [1.82, 2.24) is 0 Å². The van der Waals surface area contributed by atoms with Crippen molar-refractivity contribution in [3.63, 3.8) is 0 Å². The fraction of sp³-hybridized carbons (Fsp3) is 0.385. The molecule has 1 atom stereocenters. The predicted octanol–water partition coefficient (Wildman–Crippen LogP) is 3.34. The van der Waals surface area contributed by atoms with Gasteiger partial charge in [0.15, 0.2) is 0 Å². The number of rotatable bonds is 10. The van der Waals surface area contributed by atoms with E-state index in [0.29, 0.717) is 24.2 Å². The topological polar surface area (TPSA) is 145 Å². The summed E-state index contributed by atoms with van der Waals surface area (Å²) in [5, 5.41) is 9.76. The number of nitrogens with one attached hydrogen (secondary N) is 1. The number of ether oxygens (including phenoxy) is 1. The van der Waals surface area contributed by atoms with Crippen molar-refractivity contribution in [2.45, 2.75) is 43.4 Å². The summed E-state index contributed by atoms with van der Waals surface area (Å²) in [5.41, 5.74) is 1.91. The third kappa shape index (κ3) is 8.55. The zero-order valence-electron chi connectivity index (χ0n) is 21.8. The van der Waals surface area contributed by atoms with Crippen LogP contribution >= 0.6 is 11.6 Å². The number of hydrogen-bond donors (Lipinski definition) is 3. The molecule has 38 heavy (non-hydrogen) atoms. The predicted molar refractivity (Wildman–Crippen MR) is 146 cm³/mol. The Kier molecular flexibility index (Phi) is 11.4. The fourth-order valence-corrected chi connectivity index (χ4v) is 5.54. The number of hydrogen-bond acceptors (Lipinski definition) is 7. The summed E-state index contributed by atoms with van der Waals surface area (Å²) in [6, 6.07) is 11.1. The van der Waals surface area contributed by atoms with E-state index in [-0.39, 0.29) is 10.8 Å². The normalized spacial score (nSPS) is 12.7. The van der Waals surface area contributed by atoms with E-state index in [1.807, 2.05) is 19.1 Å². The van der Waals surface area contributed by atoms with Crippen LogP contribution in [0.5, 0.6) is 11.5 Å². The zero-order chi connectivity index (χ0) is 28.7. The molecule has 0 aliphatic carbocycles. The Morgan fingerprint density at radius 2 is 1.58 bits per heavy atom. The maximum atomic E-state index is 11.1. The van der Waals surface area contributed by atoms with Gasteiger partial charge in [-0.1, -0.05) is 38.1 Å². The summed E-state index contributed by atoms with van der Waals surface area (Å²) in [4.78, 5) is 0.484. The van der Waals surface area contributed by atoms with E-state index in [4.69, 9.17) is 20.9 Å². The first-order chi connectivity index (χ1) is 17.7. The maximum absolute atomic E-state index is 11.1. The maximum Gasteiger partial charge on any atom is 0.295 e. The molecule has 0 aliphatic rings. The molecule has 0 spiro atoms.